The highest BCUT2D eigenvalue weighted by atomic mass is 31.2. The molecule has 0 unspecified atom stereocenters. The second-order valence-electron chi connectivity index (χ2n) is 2.50. The number of rotatable bonds is 2. The zero-order valence-electron chi connectivity index (χ0n) is 6.96. The average Bonchev–Trinajstić information content (AvgIpc) is 1.99. The molecule has 0 spiro atoms. The zero-order chi connectivity index (χ0) is 11.7. The monoisotopic (exact) mass is 246 g/mol. The molecule has 2 nitrogen and oxygen atoms in total. The van der Waals surface area contributed by atoms with Crippen LogP contribution in [0.4, 0.5) is 21.6 Å². The van der Waals surface area contributed by atoms with E-state index in [1.165, 1.54) is 0 Å². The number of hydrogen-bond acceptors (Lipinski definition) is 2. The number of halogens is 5. The summed E-state index contributed by atoms with van der Waals surface area (Å²) in [6.45, 7) is 0. The minimum Gasteiger partial charge on any atom is -0.397 e. The van der Waals surface area contributed by atoms with Crippen molar-refractivity contribution in [2.24, 2.45) is 0 Å². The van der Waals surface area contributed by atoms with Crippen LogP contribution in [0.3, 0.4) is 0 Å². The molecule has 0 heterocycles. The van der Waals surface area contributed by atoms with Crippen LogP contribution >= 0.6 is 7.99 Å². The summed E-state index contributed by atoms with van der Waals surface area (Å²) in [7, 11) is -5.98. The lowest BCUT2D eigenvalue weighted by molar-refractivity contribution is -0.138. The lowest BCUT2D eigenvalue weighted by atomic mass is 10.2. The van der Waals surface area contributed by atoms with Crippen molar-refractivity contribution >= 4 is 7.99 Å². The fourth-order valence-electron chi connectivity index (χ4n) is 0.895. The molecule has 84 valence electrons. The largest absolute Gasteiger partial charge is 0.610 e. The first-order chi connectivity index (χ1) is 6.70. The first-order valence-electron chi connectivity index (χ1n) is 3.55. The summed E-state index contributed by atoms with van der Waals surface area (Å²) >= 11 is 0. The van der Waals surface area contributed by atoms with Gasteiger partial charge in [0.15, 0.2) is 0 Å². The van der Waals surface area contributed by atoms with E-state index in [1.54, 1.807) is 0 Å². The van der Waals surface area contributed by atoms with Crippen LogP contribution in [0.1, 0.15) is 5.56 Å². The molecule has 0 atom stereocenters. The fraction of sp³-hybridized carbons (Fsp3) is 0.143. The summed E-state index contributed by atoms with van der Waals surface area (Å²) in [4.78, 5) is 0. The second-order valence-corrected chi connectivity index (χ2v) is 3.51. The molecular formula is C7H4F5O2P. The second kappa shape index (κ2) is 3.81. The lowest BCUT2D eigenvalue weighted by Crippen LogP contribution is -2.06. The predicted molar refractivity (Wildman–Crippen MR) is 41.9 cm³/mol. The van der Waals surface area contributed by atoms with Crippen molar-refractivity contribution < 1.29 is 30.7 Å². The Balaban J connectivity index is 3.14. The maximum atomic E-state index is 12.2. The average molecular weight is 246 g/mol. The summed E-state index contributed by atoms with van der Waals surface area (Å²) < 4.78 is 73.9. The first-order valence-corrected chi connectivity index (χ1v) is 4.96. The standard InChI is InChI=1S/C7H4F5O2P/c8-7(9,10)5-3-1-2-4-6(5)14-15(11,12)13/h1-4H. The maximum Gasteiger partial charge on any atom is 0.610 e. The van der Waals surface area contributed by atoms with Crippen LogP contribution in [-0.2, 0) is 10.7 Å². The molecule has 0 amide bonds. The Morgan fingerprint density at radius 1 is 1.13 bits per heavy atom. The molecule has 0 N–H and O–H groups in total. The molecule has 0 bridgehead atoms. The van der Waals surface area contributed by atoms with Gasteiger partial charge in [-0.25, -0.2) is 4.57 Å². The van der Waals surface area contributed by atoms with Crippen molar-refractivity contribution in [3.8, 4) is 5.75 Å². The quantitative estimate of drug-likeness (QED) is 0.579. The molecule has 1 aromatic rings. The van der Waals surface area contributed by atoms with Crippen LogP contribution in [0.15, 0.2) is 24.3 Å². The number of alkyl halides is 3. The van der Waals surface area contributed by atoms with Gasteiger partial charge in [0.05, 0.1) is 5.56 Å². The van der Waals surface area contributed by atoms with Crippen molar-refractivity contribution in [3.05, 3.63) is 29.8 Å². The molecule has 0 fully saturated rings. The summed E-state index contributed by atoms with van der Waals surface area (Å²) in [5, 5.41) is 0. The summed E-state index contributed by atoms with van der Waals surface area (Å²) in [6.07, 6.45) is -4.83. The van der Waals surface area contributed by atoms with Crippen molar-refractivity contribution in [2.75, 3.05) is 0 Å². The Morgan fingerprint density at radius 3 is 2.13 bits per heavy atom. The summed E-state index contributed by atoms with van der Waals surface area (Å²) in [6, 6.07) is 3.32. The lowest BCUT2D eigenvalue weighted by Gasteiger charge is -2.11. The Bertz CT molecular complexity index is 397. The Morgan fingerprint density at radius 2 is 1.67 bits per heavy atom. The van der Waals surface area contributed by atoms with Crippen molar-refractivity contribution in [1.29, 1.82) is 0 Å². The topological polar surface area (TPSA) is 26.3 Å². The SMILES string of the molecule is O=P(F)(F)Oc1ccccc1C(F)(F)F. The molecule has 0 radical (unpaired) electrons. The highest BCUT2D eigenvalue weighted by molar-refractivity contribution is 7.48. The van der Waals surface area contributed by atoms with Crippen molar-refractivity contribution in [2.45, 2.75) is 6.18 Å². The van der Waals surface area contributed by atoms with Gasteiger partial charge in [-0.3, -0.25) is 0 Å². The van der Waals surface area contributed by atoms with E-state index in [-0.39, 0.29) is 0 Å². The van der Waals surface area contributed by atoms with Crippen LogP contribution in [0.2, 0.25) is 0 Å². The molecule has 0 saturated carbocycles. The molecule has 0 aromatic heterocycles. The summed E-state index contributed by atoms with van der Waals surface area (Å²) in [5.41, 5.74) is -1.39. The minimum atomic E-state index is -5.98. The van der Waals surface area contributed by atoms with Gasteiger partial charge in [0.2, 0.25) is 0 Å². The molecule has 8 heteroatoms. The van der Waals surface area contributed by atoms with E-state index in [1.807, 2.05) is 0 Å². The van der Waals surface area contributed by atoms with E-state index in [0.29, 0.717) is 12.1 Å². The van der Waals surface area contributed by atoms with Gasteiger partial charge in [-0.2, -0.15) is 13.2 Å². The Kier molecular flexibility index (Phi) is 3.04. The van der Waals surface area contributed by atoms with E-state index in [0.717, 1.165) is 12.1 Å². The molecule has 1 aromatic carbocycles. The van der Waals surface area contributed by atoms with Crippen LogP contribution in [-0.4, -0.2) is 0 Å². The molecular weight excluding hydrogens is 242 g/mol. The van der Waals surface area contributed by atoms with Crippen LogP contribution in [0, 0.1) is 0 Å². The molecule has 0 aliphatic heterocycles. The van der Waals surface area contributed by atoms with Gasteiger partial charge < -0.3 is 4.52 Å². The molecule has 1 rings (SSSR count). The van der Waals surface area contributed by atoms with Crippen LogP contribution in [0.25, 0.3) is 0 Å². The molecule has 0 aliphatic carbocycles. The highest BCUT2D eigenvalue weighted by Crippen LogP contribution is 2.52. The van der Waals surface area contributed by atoms with Gasteiger partial charge in [0.25, 0.3) is 0 Å². The third kappa shape index (κ3) is 3.51. The Labute approximate surface area is 81.4 Å². The molecule has 15 heavy (non-hydrogen) atoms. The molecule has 0 aliphatic rings. The van der Waals surface area contributed by atoms with E-state index >= 15 is 0 Å². The van der Waals surface area contributed by atoms with Crippen LogP contribution < -0.4 is 4.52 Å². The van der Waals surface area contributed by atoms with Gasteiger partial charge in [-0.05, 0) is 12.1 Å². The minimum absolute atomic E-state index is 0.561. The van der Waals surface area contributed by atoms with E-state index in [9.17, 15) is 26.1 Å². The van der Waals surface area contributed by atoms with Crippen molar-refractivity contribution in [3.63, 3.8) is 0 Å². The van der Waals surface area contributed by atoms with E-state index in [2.05, 4.69) is 4.52 Å². The molecule has 0 saturated heterocycles. The fourth-order valence-corrected chi connectivity index (χ4v) is 1.28. The predicted octanol–water partition coefficient (Wildman–Crippen LogP) is 4.13. The number of para-hydroxylation sites is 1. The highest BCUT2D eigenvalue weighted by Gasteiger charge is 2.36. The van der Waals surface area contributed by atoms with Gasteiger partial charge in [-0.15, -0.1) is 8.39 Å². The van der Waals surface area contributed by atoms with Crippen molar-refractivity contribution in [1.82, 2.24) is 0 Å². The first kappa shape index (κ1) is 12.0. The third-order valence-electron chi connectivity index (χ3n) is 1.40. The number of benzene rings is 1. The van der Waals surface area contributed by atoms with E-state index in [4.69, 9.17) is 0 Å². The third-order valence-corrected chi connectivity index (χ3v) is 1.81. The van der Waals surface area contributed by atoms with Gasteiger partial charge >= 0.3 is 14.2 Å². The van der Waals surface area contributed by atoms with E-state index < -0.39 is 25.5 Å². The van der Waals surface area contributed by atoms with Gasteiger partial charge in [0.1, 0.15) is 5.75 Å². The maximum absolute atomic E-state index is 12.2. The van der Waals surface area contributed by atoms with Crippen LogP contribution in [0.5, 0.6) is 5.75 Å². The van der Waals surface area contributed by atoms with Gasteiger partial charge in [-0.1, -0.05) is 12.1 Å². The summed E-state index contributed by atoms with van der Waals surface area (Å²) in [5.74, 6) is -1.14. The van der Waals surface area contributed by atoms with Gasteiger partial charge in [0, 0.05) is 0 Å². The Hall–Kier alpha value is -1.10. The number of hydrogen-bond donors (Lipinski definition) is 0. The normalized spacial score (nSPS) is 12.6. The smallest absolute Gasteiger partial charge is 0.397 e. The zero-order valence-corrected chi connectivity index (χ0v) is 7.86.